The molecule has 0 saturated carbocycles. The van der Waals surface area contributed by atoms with E-state index in [0.717, 1.165) is 0 Å². The van der Waals surface area contributed by atoms with Gasteiger partial charge in [0.05, 0.1) is 21.3 Å². The lowest BCUT2D eigenvalue weighted by Gasteiger charge is -2.15. The highest BCUT2D eigenvalue weighted by atomic mass is 35.5. The maximum absolute atomic E-state index is 12.2. The molecular formula is C18H16Cl2N2O4. The van der Waals surface area contributed by atoms with Crippen LogP contribution in [-0.2, 0) is 14.3 Å². The van der Waals surface area contributed by atoms with Crippen LogP contribution >= 0.6 is 23.2 Å². The summed E-state index contributed by atoms with van der Waals surface area (Å²) in [5.74, 6) is -1.51. The SMILES string of the molecule is CC(=O)Nc1cccc(C(=O)OC(C)C(=O)Nc2cccc(Cl)c2Cl)c1. The van der Waals surface area contributed by atoms with E-state index in [0.29, 0.717) is 16.4 Å². The number of carbonyl (C=O) groups is 3. The molecule has 1 atom stereocenters. The van der Waals surface area contributed by atoms with Crippen LogP contribution in [-0.4, -0.2) is 23.9 Å². The molecule has 2 aromatic rings. The van der Waals surface area contributed by atoms with Crippen LogP contribution in [0.15, 0.2) is 42.5 Å². The molecule has 26 heavy (non-hydrogen) atoms. The summed E-state index contributed by atoms with van der Waals surface area (Å²) in [6.45, 7) is 2.79. The average molecular weight is 395 g/mol. The Labute approximate surface area is 160 Å². The Balaban J connectivity index is 2.03. The van der Waals surface area contributed by atoms with Crippen molar-refractivity contribution in [3.8, 4) is 0 Å². The van der Waals surface area contributed by atoms with E-state index >= 15 is 0 Å². The van der Waals surface area contributed by atoms with Crippen LogP contribution in [0, 0.1) is 0 Å². The second kappa shape index (κ2) is 8.69. The number of ether oxygens (including phenoxy) is 1. The lowest BCUT2D eigenvalue weighted by Crippen LogP contribution is -2.30. The summed E-state index contributed by atoms with van der Waals surface area (Å²) in [6.07, 6.45) is -1.07. The smallest absolute Gasteiger partial charge is 0.338 e. The van der Waals surface area contributed by atoms with Crippen molar-refractivity contribution in [2.45, 2.75) is 20.0 Å². The zero-order chi connectivity index (χ0) is 19.3. The predicted octanol–water partition coefficient (Wildman–Crippen LogP) is 4.14. The van der Waals surface area contributed by atoms with E-state index < -0.39 is 18.0 Å². The summed E-state index contributed by atoms with van der Waals surface area (Å²) < 4.78 is 5.16. The fourth-order valence-corrected chi connectivity index (χ4v) is 2.39. The summed E-state index contributed by atoms with van der Waals surface area (Å²) >= 11 is 11.9. The Kier molecular flexibility index (Phi) is 6.60. The minimum atomic E-state index is -1.07. The zero-order valence-electron chi connectivity index (χ0n) is 14.0. The Morgan fingerprint density at radius 1 is 1.04 bits per heavy atom. The molecule has 0 heterocycles. The molecule has 0 aromatic heterocycles. The molecule has 0 spiro atoms. The normalized spacial score (nSPS) is 11.4. The number of benzene rings is 2. The van der Waals surface area contributed by atoms with Gasteiger partial charge in [-0.1, -0.05) is 35.3 Å². The molecule has 6 nitrogen and oxygen atoms in total. The Hall–Kier alpha value is -2.57. The molecule has 2 rings (SSSR count). The molecular weight excluding hydrogens is 379 g/mol. The van der Waals surface area contributed by atoms with E-state index in [4.69, 9.17) is 27.9 Å². The number of esters is 1. The van der Waals surface area contributed by atoms with Gasteiger partial charge in [-0.05, 0) is 37.3 Å². The van der Waals surface area contributed by atoms with Gasteiger partial charge in [-0.2, -0.15) is 0 Å². The third kappa shape index (κ3) is 5.21. The predicted molar refractivity (Wildman–Crippen MR) is 101 cm³/mol. The Bertz CT molecular complexity index is 855. The third-order valence-electron chi connectivity index (χ3n) is 3.28. The van der Waals surface area contributed by atoms with Gasteiger partial charge in [-0.15, -0.1) is 0 Å². The standard InChI is InChI=1S/C18H16Cl2N2O4/c1-10(17(24)22-15-8-4-7-14(19)16(15)20)26-18(25)12-5-3-6-13(9-12)21-11(2)23/h3-10H,1-2H3,(H,21,23)(H,22,24). The van der Waals surface area contributed by atoms with Crippen LogP contribution in [0.3, 0.4) is 0 Å². The van der Waals surface area contributed by atoms with Crippen molar-refractivity contribution in [3.05, 3.63) is 58.1 Å². The average Bonchev–Trinajstić information content (AvgIpc) is 2.58. The molecule has 2 aromatic carbocycles. The van der Waals surface area contributed by atoms with Crippen LogP contribution in [0.2, 0.25) is 10.0 Å². The number of rotatable bonds is 5. The largest absolute Gasteiger partial charge is 0.449 e. The molecule has 0 saturated heterocycles. The fourth-order valence-electron chi connectivity index (χ4n) is 2.04. The Morgan fingerprint density at radius 2 is 1.73 bits per heavy atom. The summed E-state index contributed by atoms with van der Waals surface area (Å²) in [5, 5.41) is 5.62. The van der Waals surface area contributed by atoms with E-state index in [2.05, 4.69) is 10.6 Å². The number of hydrogen-bond donors (Lipinski definition) is 2. The van der Waals surface area contributed by atoms with Gasteiger partial charge in [0.25, 0.3) is 5.91 Å². The van der Waals surface area contributed by atoms with Gasteiger partial charge >= 0.3 is 5.97 Å². The highest BCUT2D eigenvalue weighted by Crippen LogP contribution is 2.29. The number of nitrogens with one attached hydrogen (secondary N) is 2. The molecule has 0 aliphatic carbocycles. The molecule has 1 unspecified atom stereocenters. The van der Waals surface area contributed by atoms with Gasteiger partial charge in [-0.25, -0.2) is 4.79 Å². The third-order valence-corrected chi connectivity index (χ3v) is 4.10. The van der Waals surface area contributed by atoms with Gasteiger partial charge in [0.2, 0.25) is 5.91 Å². The van der Waals surface area contributed by atoms with Crippen LogP contribution in [0.25, 0.3) is 0 Å². The first-order valence-electron chi connectivity index (χ1n) is 7.61. The van der Waals surface area contributed by atoms with E-state index in [1.54, 1.807) is 30.3 Å². The summed E-state index contributed by atoms with van der Waals surface area (Å²) in [5.41, 5.74) is 0.978. The highest BCUT2D eigenvalue weighted by Gasteiger charge is 2.20. The fraction of sp³-hybridized carbons (Fsp3) is 0.167. The van der Waals surface area contributed by atoms with E-state index in [1.165, 1.54) is 26.0 Å². The molecule has 136 valence electrons. The van der Waals surface area contributed by atoms with Crippen LogP contribution in [0.5, 0.6) is 0 Å². The highest BCUT2D eigenvalue weighted by molar-refractivity contribution is 6.44. The zero-order valence-corrected chi connectivity index (χ0v) is 15.5. The molecule has 8 heteroatoms. The monoisotopic (exact) mass is 394 g/mol. The molecule has 0 bridgehead atoms. The van der Waals surface area contributed by atoms with Gasteiger partial charge in [0.15, 0.2) is 6.10 Å². The second-order valence-electron chi connectivity index (χ2n) is 5.40. The van der Waals surface area contributed by atoms with Crippen molar-refractivity contribution in [1.82, 2.24) is 0 Å². The van der Waals surface area contributed by atoms with Gasteiger partial charge < -0.3 is 15.4 Å². The van der Waals surface area contributed by atoms with Crippen molar-refractivity contribution in [2.75, 3.05) is 10.6 Å². The first-order chi connectivity index (χ1) is 12.3. The van der Waals surface area contributed by atoms with E-state index in [1.807, 2.05) is 0 Å². The molecule has 0 aliphatic rings. The minimum Gasteiger partial charge on any atom is -0.449 e. The van der Waals surface area contributed by atoms with Crippen LogP contribution in [0.1, 0.15) is 24.2 Å². The molecule has 0 aliphatic heterocycles. The van der Waals surface area contributed by atoms with Crippen LogP contribution < -0.4 is 10.6 Å². The number of hydrogen-bond acceptors (Lipinski definition) is 4. The first kappa shape index (κ1) is 19.8. The first-order valence-corrected chi connectivity index (χ1v) is 8.37. The number of carbonyl (C=O) groups excluding carboxylic acids is 3. The topological polar surface area (TPSA) is 84.5 Å². The second-order valence-corrected chi connectivity index (χ2v) is 6.19. The van der Waals surface area contributed by atoms with Gasteiger partial charge in [0.1, 0.15) is 0 Å². The maximum atomic E-state index is 12.2. The molecule has 0 fully saturated rings. The quantitative estimate of drug-likeness (QED) is 0.746. The van der Waals surface area contributed by atoms with Crippen molar-refractivity contribution >= 4 is 52.4 Å². The van der Waals surface area contributed by atoms with Crippen molar-refractivity contribution in [1.29, 1.82) is 0 Å². The minimum absolute atomic E-state index is 0.198. The van der Waals surface area contributed by atoms with Gasteiger partial charge in [0, 0.05) is 12.6 Å². The number of amides is 2. The molecule has 0 radical (unpaired) electrons. The van der Waals surface area contributed by atoms with E-state index in [9.17, 15) is 14.4 Å². The lowest BCUT2D eigenvalue weighted by atomic mass is 10.2. The molecule has 2 amide bonds. The summed E-state index contributed by atoms with van der Waals surface area (Å²) in [4.78, 5) is 35.5. The van der Waals surface area contributed by atoms with Gasteiger partial charge in [-0.3, -0.25) is 9.59 Å². The summed E-state index contributed by atoms with van der Waals surface area (Å²) in [6, 6.07) is 11.0. The van der Waals surface area contributed by atoms with Crippen molar-refractivity contribution in [2.24, 2.45) is 0 Å². The van der Waals surface area contributed by atoms with Crippen molar-refractivity contribution < 1.29 is 19.1 Å². The number of anilines is 2. The molecule has 2 N–H and O–H groups in total. The lowest BCUT2D eigenvalue weighted by molar-refractivity contribution is -0.123. The maximum Gasteiger partial charge on any atom is 0.338 e. The van der Waals surface area contributed by atoms with Crippen LogP contribution in [0.4, 0.5) is 11.4 Å². The summed E-state index contributed by atoms with van der Waals surface area (Å²) in [7, 11) is 0. The number of halogens is 2. The Morgan fingerprint density at radius 3 is 2.42 bits per heavy atom. The van der Waals surface area contributed by atoms with E-state index in [-0.39, 0.29) is 16.5 Å². The van der Waals surface area contributed by atoms with Crippen molar-refractivity contribution in [3.63, 3.8) is 0 Å².